The molecule has 2 heterocycles. The van der Waals surface area contributed by atoms with Crippen LogP contribution in [0.15, 0.2) is 47.3 Å². The van der Waals surface area contributed by atoms with Crippen LogP contribution in [0.3, 0.4) is 0 Å². The Bertz CT molecular complexity index is 769. The summed E-state index contributed by atoms with van der Waals surface area (Å²) in [6.07, 6.45) is 0.597. The summed E-state index contributed by atoms with van der Waals surface area (Å²) >= 11 is 1.54. The normalized spacial score (nSPS) is 12.0. The molecular weight excluding hydrogens is 322 g/mol. The first-order valence-corrected chi connectivity index (χ1v) is 8.62. The van der Waals surface area contributed by atoms with Gasteiger partial charge >= 0.3 is 0 Å². The van der Waals surface area contributed by atoms with Gasteiger partial charge in [0.1, 0.15) is 0 Å². The highest BCUT2D eigenvalue weighted by Crippen LogP contribution is 2.09. The standard InChI is InChI=1S/C17H19N5OS/c1-12-7-16(22-21-12)20-17(23)15(8-13-5-3-2-4-6-13)18-9-14-10-24-11-19-14/h2-7,10-11,15,18H,8-9H2,1H3,(H2,20,21,22,23). The summed E-state index contributed by atoms with van der Waals surface area (Å²) in [7, 11) is 0. The molecule has 1 aromatic carbocycles. The van der Waals surface area contributed by atoms with E-state index >= 15 is 0 Å². The number of amides is 1. The van der Waals surface area contributed by atoms with Crippen LogP contribution < -0.4 is 10.6 Å². The van der Waals surface area contributed by atoms with Gasteiger partial charge in [-0.1, -0.05) is 30.3 Å². The van der Waals surface area contributed by atoms with Crippen molar-refractivity contribution < 1.29 is 4.79 Å². The number of carbonyl (C=O) groups excluding carboxylic acids is 1. The fourth-order valence-electron chi connectivity index (χ4n) is 2.36. The number of hydrogen-bond donors (Lipinski definition) is 3. The molecule has 0 bridgehead atoms. The average Bonchev–Trinajstić information content (AvgIpc) is 3.24. The van der Waals surface area contributed by atoms with Crippen molar-refractivity contribution in [3.8, 4) is 0 Å². The van der Waals surface area contributed by atoms with Crippen molar-refractivity contribution in [3.63, 3.8) is 0 Å². The van der Waals surface area contributed by atoms with Gasteiger partial charge in [0.15, 0.2) is 5.82 Å². The number of benzene rings is 1. The SMILES string of the molecule is Cc1cc(NC(=O)C(Cc2ccccc2)NCc2cscn2)n[nH]1. The topological polar surface area (TPSA) is 82.7 Å². The molecular formula is C17H19N5OS. The van der Waals surface area contributed by atoms with Gasteiger partial charge in [0.05, 0.1) is 17.2 Å². The molecule has 0 saturated heterocycles. The van der Waals surface area contributed by atoms with E-state index in [1.807, 2.05) is 42.6 Å². The van der Waals surface area contributed by atoms with Crippen LogP contribution in [0.2, 0.25) is 0 Å². The van der Waals surface area contributed by atoms with Crippen molar-refractivity contribution in [2.24, 2.45) is 0 Å². The molecule has 1 atom stereocenters. The first-order valence-electron chi connectivity index (χ1n) is 7.68. The van der Waals surface area contributed by atoms with Crippen LogP contribution in [0.4, 0.5) is 5.82 Å². The van der Waals surface area contributed by atoms with Gasteiger partial charge in [-0.05, 0) is 18.9 Å². The Kier molecular flexibility index (Phi) is 5.35. The third-order valence-corrected chi connectivity index (χ3v) is 4.20. The van der Waals surface area contributed by atoms with Crippen molar-refractivity contribution in [2.75, 3.05) is 5.32 Å². The fourth-order valence-corrected chi connectivity index (χ4v) is 2.91. The molecule has 24 heavy (non-hydrogen) atoms. The summed E-state index contributed by atoms with van der Waals surface area (Å²) in [5.41, 5.74) is 4.72. The molecule has 0 radical (unpaired) electrons. The third-order valence-electron chi connectivity index (χ3n) is 3.57. The number of anilines is 1. The van der Waals surface area contributed by atoms with Crippen molar-refractivity contribution in [3.05, 3.63) is 64.2 Å². The zero-order valence-corrected chi connectivity index (χ0v) is 14.1. The largest absolute Gasteiger partial charge is 0.308 e. The van der Waals surface area contributed by atoms with Gasteiger partial charge in [-0.2, -0.15) is 5.10 Å². The Morgan fingerprint density at radius 1 is 1.33 bits per heavy atom. The smallest absolute Gasteiger partial charge is 0.243 e. The molecule has 3 rings (SSSR count). The van der Waals surface area contributed by atoms with Gasteiger partial charge < -0.3 is 5.32 Å². The number of nitrogens with zero attached hydrogens (tertiary/aromatic N) is 2. The highest BCUT2D eigenvalue weighted by atomic mass is 32.1. The number of nitrogens with one attached hydrogen (secondary N) is 3. The molecule has 7 heteroatoms. The van der Waals surface area contributed by atoms with Crippen LogP contribution in [0.5, 0.6) is 0 Å². The van der Waals surface area contributed by atoms with E-state index in [1.165, 1.54) is 0 Å². The first-order chi connectivity index (χ1) is 11.7. The summed E-state index contributed by atoms with van der Waals surface area (Å²) in [5.74, 6) is 0.423. The zero-order chi connectivity index (χ0) is 16.8. The maximum Gasteiger partial charge on any atom is 0.243 e. The lowest BCUT2D eigenvalue weighted by Crippen LogP contribution is -2.42. The lowest BCUT2D eigenvalue weighted by molar-refractivity contribution is -0.118. The van der Waals surface area contributed by atoms with Crippen LogP contribution in [0.1, 0.15) is 17.0 Å². The third kappa shape index (κ3) is 4.50. The van der Waals surface area contributed by atoms with E-state index in [9.17, 15) is 4.79 Å². The van der Waals surface area contributed by atoms with Gasteiger partial charge in [0, 0.05) is 23.7 Å². The number of thiazole rings is 1. The Morgan fingerprint density at radius 3 is 2.83 bits per heavy atom. The van der Waals surface area contributed by atoms with Crippen LogP contribution >= 0.6 is 11.3 Å². The molecule has 6 nitrogen and oxygen atoms in total. The Balaban J connectivity index is 1.68. The van der Waals surface area contributed by atoms with Crippen molar-refractivity contribution in [2.45, 2.75) is 25.9 Å². The summed E-state index contributed by atoms with van der Waals surface area (Å²) in [4.78, 5) is 16.9. The van der Waals surface area contributed by atoms with E-state index in [4.69, 9.17) is 0 Å². The molecule has 0 fully saturated rings. The van der Waals surface area contributed by atoms with E-state index in [1.54, 1.807) is 22.9 Å². The molecule has 0 aliphatic heterocycles. The van der Waals surface area contributed by atoms with E-state index in [-0.39, 0.29) is 11.9 Å². The Morgan fingerprint density at radius 2 is 2.17 bits per heavy atom. The highest BCUT2D eigenvalue weighted by molar-refractivity contribution is 7.07. The minimum Gasteiger partial charge on any atom is -0.308 e. The van der Waals surface area contributed by atoms with Gasteiger partial charge in [-0.15, -0.1) is 11.3 Å². The first kappa shape index (κ1) is 16.4. The lowest BCUT2D eigenvalue weighted by atomic mass is 10.1. The minimum absolute atomic E-state index is 0.111. The summed E-state index contributed by atoms with van der Waals surface area (Å²) in [5, 5.41) is 15.0. The molecule has 1 amide bonds. The number of hydrogen-bond acceptors (Lipinski definition) is 5. The summed E-state index contributed by atoms with van der Waals surface area (Å²) in [6, 6.07) is 11.4. The number of aromatic amines is 1. The molecule has 2 aromatic heterocycles. The van der Waals surface area contributed by atoms with Gasteiger partial charge in [-0.3, -0.25) is 15.2 Å². The highest BCUT2D eigenvalue weighted by Gasteiger charge is 2.19. The van der Waals surface area contributed by atoms with Crippen molar-refractivity contribution in [1.29, 1.82) is 0 Å². The van der Waals surface area contributed by atoms with E-state index in [0.717, 1.165) is 17.0 Å². The van der Waals surface area contributed by atoms with Gasteiger partial charge in [0.25, 0.3) is 0 Å². The maximum absolute atomic E-state index is 12.6. The van der Waals surface area contributed by atoms with Gasteiger partial charge in [0.2, 0.25) is 5.91 Å². The van der Waals surface area contributed by atoms with Crippen LogP contribution in [0.25, 0.3) is 0 Å². The van der Waals surface area contributed by atoms with Crippen LogP contribution in [-0.2, 0) is 17.8 Å². The van der Waals surface area contributed by atoms with E-state index in [0.29, 0.717) is 18.8 Å². The molecule has 3 N–H and O–H groups in total. The predicted octanol–water partition coefficient (Wildman–Crippen LogP) is 2.51. The number of H-pyrrole nitrogens is 1. The number of rotatable bonds is 7. The van der Waals surface area contributed by atoms with Crippen LogP contribution in [-0.4, -0.2) is 27.1 Å². The molecule has 3 aromatic rings. The van der Waals surface area contributed by atoms with Crippen molar-refractivity contribution >= 4 is 23.1 Å². The molecule has 0 spiro atoms. The second-order valence-electron chi connectivity index (χ2n) is 5.53. The minimum atomic E-state index is -0.369. The molecule has 0 aliphatic carbocycles. The quantitative estimate of drug-likeness (QED) is 0.617. The molecule has 0 aliphatic rings. The van der Waals surface area contributed by atoms with E-state index in [2.05, 4.69) is 25.8 Å². The zero-order valence-electron chi connectivity index (χ0n) is 13.3. The van der Waals surface area contributed by atoms with Crippen molar-refractivity contribution in [1.82, 2.24) is 20.5 Å². The lowest BCUT2D eigenvalue weighted by Gasteiger charge is -2.17. The predicted molar refractivity (Wildman–Crippen MR) is 94.8 cm³/mol. The van der Waals surface area contributed by atoms with Gasteiger partial charge in [-0.25, -0.2) is 4.98 Å². The summed E-state index contributed by atoms with van der Waals surface area (Å²) in [6.45, 7) is 2.44. The summed E-state index contributed by atoms with van der Waals surface area (Å²) < 4.78 is 0. The Labute approximate surface area is 144 Å². The second-order valence-corrected chi connectivity index (χ2v) is 6.25. The number of aryl methyl sites for hydroxylation is 1. The molecule has 124 valence electrons. The average molecular weight is 341 g/mol. The Hall–Kier alpha value is -2.51. The molecule has 0 saturated carbocycles. The fraction of sp³-hybridized carbons (Fsp3) is 0.235. The van der Waals surface area contributed by atoms with E-state index < -0.39 is 0 Å². The monoisotopic (exact) mass is 341 g/mol. The van der Waals surface area contributed by atoms with Crippen LogP contribution in [0, 0.1) is 6.92 Å². The second kappa shape index (κ2) is 7.85. The number of aromatic nitrogens is 3. The number of carbonyl (C=O) groups is 1. The maximum atomic E-state index is 12.6. The molecule has 1 unspecified atom stereocenters.